The average Bonchev–Trinajstić information content (AvgIpc) is 2.56. The van der Waals surface area contributed by atoms with Crippen molar-refractivity contribution in [3.05, 3.63) is 35.9 Å². The zero-order valence-electron chi connectivity index (χ0n) is 13.7. The molecule has 0 aliphatic rings. The van der Waals surface area contributed by atoms with Crippen LogP contribution in [0.3, 0.4) is 0 Å². The number of esters is 2. The molecule has 0 unspecified atom stereocenters. The van der Waals surface area contributed by atoms with Crippen molar-refractivity contribution in [3.8, 4) is 0 Å². The molecule has 0 saturated carbocycles. The summed E-state index contributed by atoms with van der Waals surface area (Å²) in [4.78, 5) is 46.3. The van der Waals surface area contributed by atoms with Gasteiger partial charge in [0.1, 0.15) is 6.61 Å². The molecule has 2 N–H and O–H groups in total. The predicted octanol–water partition coefficient (Wildman–Crippen LogP) is 1.47. The third kappa shape index (κ3) is 7.03. The van der Waals surface area contributed by atoms with E-state index in [4.69, 9.17) is 19.7 Å². The lowest BCUT2D eigenvalue weighted by atomic mass is 9.86. The average molecular weight is 352 g/mol. The Morgan fingerprint density at radius 1 is 0.880 bits per heavy atom. The van der Waals surface area contributed by atoms with E-state index in [2.05, 4.69) is 0 Å². The molecule has 136 valence electrons. The van der Waals surface area contributed by atoms with Gasteiger partial charge in [0.25, 0.3) is 0 Å². The van der Waals surface area contributed by atoms with Crippen molar-refractivity contribution in [3.63, 3.8) is 0 Å². The largest absolute Gasteiger partial charge is 0.481 e. The van der Waals surface area contributed by atoms with E-state index in [0.29, 0.717) is 5.56 Å². The monoisotopic (exact) mass is 352 g/mol. The summed E-state index contributed by atoms with van der Waals surface area (Å²) < 4.78 is 9.86. The van der Waals surface area contributed by atoms with Gasteiger partial charge < -0.3 is 19.7 Å². The van der Waals surface area contributed by atoms with Gasteiger partial charge in [-0.05, 0) is 12.5 Å². The number of hydrogen-bond donors (Lipinski definition) is 2. The number of ether oxygens (including phenoxy) is 2. The maximum Gasteiger partial charge on any atom is 0.310 e. The number of carboxylic acids is 2. The molecule has 2 atom stereocenters. The van der Waals surface area contributed by atoms with Crippen molar-refractivity contribution in [2.75, 3.05) is 6.61 Å². The molecule has 8 heteroatoms. The highest BCUT2D eigenvalue weighted by atomic mass is 16.5. The number of benzene rings is 1. The molecule has 0 spiro atoms. The van der Waals surface area contributed by atoms with Crippen molar-refractivity contribution in [2.45, 2.75) is 26.4 Å². The van der Waals surface area contributed by atoms with Gasteiger partial charge in [-0.3, -0.25) is 19.2 Å². The van der Waals surface area contributed by atoms with Crippen LogP contribution in [0, 0.1) is 11.8 Å². The minimum absolute atomic E-state index is 0.0200. The molecule has 0 fully saturated rings. The van der Waals surface area contributed by atoms with Crippen molar-refractivity contribution in [1.82, 2.24) is 0 Å². The topological polar surface area (TPSA) is 127 Å². The first-order valence-electron chi connectivity index (χ1n) is 7.65. The van der Waals surface area contributed by atoms with Gasteiger partial charge in [-0.2, -0.15) is 0 Å². The highest BCUT2D eigenvalue weighted by molar-refractivity contribution is 5.88. The molecule has 0 radical (unpaired) electrons. The number of hydrogen-bond acceptors (Lipinski definition) is 6. The Morgan fingerprint density at radius 2 is 1.36 bits per heavy atom. The molecule has 1 aromatic rings. The summed E-state index contributed by atoms with van der Waals surface area (Å²) in [6, 6.07) is 8.68. The van der Waals surface area contributed by atoms with Crippen LogP contribution in [0.5, 0.6) is 0 Å². The second-order valence-corrected chi connectivity index (χ2v) is 5.25. The van der Waals surface area contributed by atoms with Gasteiger partial charge in [-0.25, -0.2) is 0 Å². The molecule has 0 amide bonds. The third-order valence-corrected chi connectivity index (χ3v) is 3.39. The van der Waals surface area contributed by atoms with Gasteiger partial charge in [0.15, 0.2) is 0 Å². The fourth-order valence-electron chi connectivity index (χ4n) is 2.24. The standard InChI is InChI=1S/C17H20O8/c1-2-24-16(22)12(8-14(18)19)13(9-15(20)21)17(23)25-10-11-6-4-3-5-7-11/h3-7,12-13H,2,8-10H2,1H3,(H,18,19)(H,20,21)/t12-,13-/m0/s1. The Kier molecular flexibility index (Phi) is 8.11. The van der Waals surface area contributed by atoms with Crippen LogP contribution in [0.15, 0.2) is 30.3 Å². The SMILES string of the molecule is CCOC(=O)[C@@H](CC(=O)O)[C@H](CC(=O)O)C(=O)OCc1ccccc1. The fourth-order valence-corrected chi connectivity index (χ4v) is 2.24. The van der Waals surface area contributed by atoms with E-state index < -0.39 is 48.6 Å². The molecule has 0 aliphatic carbocycles. The molecular formula is C17H20O8. The van der Waals surface area contributed by atoms with Crippen molar-refractivity contribution >= 4 is 23.9 Å². The fraction of sp³-hybridized carbons (Fsp3) is 0.412. The lowest BCUT2D eigenvalue weighted by molar-refractivity contribution is -0.166. The Labute approximate surface area is 144 Å². The van der Waals surface area contributed by atoms with Crippen LogP contribution in [-0.4, -0.2) is 40.7 Å². The van der Waals surface area contributed by atoms with E-state index in [-0.39, 0.29) is 13.2 Å². The molecule has 1 rings (SSSR count). The van der Waals surface area contributed by atoms with E-state index in [1.54, 1.807) is 30.3 Å². The molecule has 0 saturated heterocycles. The van der Waals surface area contributed by atoms with Crippen LogP contribution in [0.1, 0.15) is 25.3 Å². The number of aliphatic carboxylic acids is 2. The summed E-state index contributed by atoms with van der Waals surface area (Å²) in [6.45, 7) is 1.39. The highest BCUT2D eigenvalue weighted by Crippen LogP contribution is 2.24. The first-order chi connectivity index (χ1) is 11.8. The van der Waals surface area contributed by atoms with Crippen LogP contribution < -0.4 is 0 Å². The number of carboxylic acid groups (broad SMARTS) is 2. The van der Waals surface area contributed by atoms with Crippen LogP contribution >= 0.6 is 0 Å². The lowest BCUT2D eigenvalue weighted by Gasteiger charge is -2.22. The summed E-state index contributed by atoms with van der Waals surface area (Å²) >= 11 is 0. The predicted molar refractivity (Wildman–Crippen MR) is 84.4 cm³/mol. The summed E-state index contributed by atoms with van der Waals surface area (Å²) in [5.74, 6) is -7.46. The van der Waals surface area contributed by atoms with Gasteiger partial charge in [0, 0.05) is 0 Å². The Bertz CT molecular complexity index is 610. The zero-order valence-corrected chi connectivity index (χ0v) is 13.7. The summed E-state index contributed by atoms with van der Waals surface area (Å²) in [6.07, 6.45) is -1.46. The highest BCUT2D eigenvalue weighted by Gasteiger charge is 2.39. The summed E-state index contributed by atoms with van der Waals surface area (Å²) in [5, 5.41) is 18.0. The molecule has 1 aromatic carbocycles. The van der Waals surface area contributed by atoms with Gasteiger partial charge >= 0.3 is 23.9 Å². The van der Waals surface area contributed by atoms with Crippen molar-refractivity contribution in [2.24, 2.45) is 11.8 Å². The van der Waals surface area contributed by atoms with Gasteiger partial charge in [0.05, 0.1) is 31.3 Å². The number of carbonyl (C=O) groups is 4. The Balaban J connectivity index is 2.93. The second-order valence-electron chi connectivity index (χ2n) is 5.25. The smallest absolute Gasteiger partial charge is 0.310 e. The van der Waals surface area contributed by atoms with Crippen LogP contribution in [-0.2, 0) is 35.3 Å². The van der Waals surface area contributed by atoms with Crippen molar-refractivity contribution in [1.29, 1.82) is 0 Å². The van der Waals surface area contributed by atoms with E-state index in [0.717, 1.165) is 0 Å². The number of carbonyl (C=O) groups excluding carboxylic acids is 2. The maximum atomic E-state index is 12.3. The Hall–Kier alpha value is -2.90. The lowest BCUT2D eigenvalue weighted by Crippen LogP contribution is -2.35. The van der Waals surface area contributed by atoms with Crippen LogP contribution in [0.4, 0.5) is 0 Å². The summed E-state index contributed by atoms with van der Waals surface area (Å²) in [7, 11) is 0. The quantitative estimate of drug-likeness (QED) is 0.606. The van der Waals surface area contributed by atoms with E-state index in [1.165, 1.54) is 6.92 Å². The molecule has 8 nitrogen and oxygen atoms in total. The van der Waals surface area contributed by atoms with Gasteiger partial charge in [0.2, 0.25) is 0 Å². The second kappa shape index (κ2) is 10.1. The molecule has 0 aromatic heterocycles. The van der Waals surface area contributed by atoms with Gasteiger partial charge in [-0.15, -0.1) is 0 Å². The van der Waals surface area contributed by atoms with E-state index in [9.17, 15) is 19.2 Å². The zero-order chi connectivity index (χ0) is 18.8. The summed E-state index contributed by atoms with van der Waals surface area (Å²) in [5.41, 5.74) is 0.677. The molecule has 0 bridgehead atoms. The molecule has 0 aliphatic heterocycles. The van der Waals surface area contributed by atoms with Crippen LogP contribution in [0.25, 0.3) is 0 Å². The minimum Gasteiger partial charge on any atom is -0.481 e. The van der Waals surface area contributed by atoms with E-state index in [1.807, 2.05) is 0 Å². The number of rotatable bonds is 10. The molecular weight excluding hydrogens is 332 g/mol. The maximum absolute atomic E-state index is 12.3. The Morgan fingerprint density at radius 3 is 1.80 bits per heavy atom. The molecule has 25 heavy (non-hydrogen) atoms. The van der Waals surface area contributed by atoms with E-state index >= 15 is 0 Å². The molecule has 0 heterocycles. The first kappa shape index (κ1) is 20.1. The third-order valence-electron chi connectivity index (χ3n) is 3.39. The minimum atomic E-state index is -1.45. The normalized spacial score (nSPS) is 12.7. The van der Waals surface area contributed by atoms with Crippen molar-refractivity contribution < 1.29 is 38.9 Å². The van der Waals surface area contributed by atoms with Gasteiger partial charge in [-0.1, -0.05) is 30.3 Å². The van der Waals surface area contributed by atoms with Crippen LogP contribution in [0.2, 0.25) is 0 Å². The first-order valence-corrected chi connectivity index (χ1v) is 7.65.